The Hall–Kier alpha value is -0.940. The standard InChI is InChI=1S/C19H35N7O.HI/c1-5-26-10-6-7-16(26)11-20-19(22-17(13-27-4)15-8-9-15)21-12-18-24-23-14(2)25(18)3;/h15-17H,5-13H2,1-4H3,(H2,20,21,22);1H. The van der Waals surface area contributed by atoms with E-state index in [1.54, 1.807) is 7.11 Å². The third-order valence-corrected chi connectivity index (χ3v) is 5.83. The number of methoxy groups -OCH3 is 1. The van der Waals surface area contributed by atoms with Gasteiger partial charge in [-0.25, -0.2) is 4.99 Å². The van der Waals surface area contributed by atoms with Crippen LogP contribution in [0.4, 0.5) is 0 Å². The summed E-state index contributed by atoms with van der Waals surface area (Å²) in [6, 6.07) is 0.897. The molecule has 160 valence electrons. The van der Waals surface area contributed by atoms with Crippen LogP contribution in [-0.2, 0) is 18.3 Å². The number of halogens is 1. The molecule has 1 aliphatic heterocycles. The zero-order chi connectivity index (χ0) is 19.2. The molecule has 2 atom stereocenters. The van der Waals surface area contributed by atoms with E-state index in [1.165, 1.54) is 32.2 Å². The monoisotopic (exact) mass is 505 g/mol. The third-order valence-electron chi connectivity index (χ3n) is 5.83. The summed E-state index contributed by atoms with van der Waals surface area (Å²) in [6.45, 7) is 8.65. The van der Waals surface area contributed by atoms with E-state index in [4.69, 9.17) is 9.73 Å². The highest BCUT2D eigenvalue weighted by Gasteiger charge is 2.32. The molecular weight excluding hydrogens is 469 g/mol. The first-order valence-corrected chi connectivity index (χ1v) is 10.2. The van der Waals surface area contributed by atoms with E-state index in [1.807, 2.05) is 18.5 Å². The molecule has 9 heteroatoms. The Kier molecular flexibility index (Phi) is 9.42. The number of hydrogen-bond donors (Lipinski definition) is 2. The molecule has 0 radical (unpaired) electrons. The molecule has 8 nitrogen and oxygen atoms in total. The van der Waals surface area contributed by atoms with Gasteiger partial charge in [0.05, 0.1) is 12.6 Å². The van der Waals surface area contributed by atoms with Crippen LogP contribution in [0.15, 0.2) is 4.99 Å². The van der Waals surface area contributed by atoms with Crippen molar-refractivity contribution >= 4 is 29.9 Å². The maximum absolute atomic E-state index is 5.42. The van der Waals surface area contributed by atoms with Crippen molar-refractivity contribution in [2.45, 2.75) is 58.2 Å². The van der Waals surface area contributed by atoms with Gasteiger partial charge in [0.15, 0.2) is 11.8 Å². The summed E-state index contributed by atoms with van der Waals surface area (Å²) >= 11 is 0. The SMILES string of the molecule is CCN1CCCC1CNC(=NCc1nnc(C)n1C)NC(COC)C1CC1.I. The second-order valence-corrected chi connectivity index (χ2v) is 7.74. The van der Waals surface area contributed by atoms with E-state index < -0.39 is 0 Å². The Morgan fingerprint density at radius 1 is 1.32 bits per heavy atom. The van der Waals surface area contributed by atoms with Crippen LogP contribution in [0.1, 0.15) is 44.3 Å². The molecule has 1 aromatic heterocycles. The fraction of sp³-hybridized carbons (Fsp3) is 0.842. The lowest BCUT2D eigenvalue weighted by atomic mass is 10.2. The average Bonchev–Trinajstić information content (AvgIpc) is 3.34. The summed E-state index contributed by atoms with van der Waals surface area (Å²) in [4.78, 5) is 7.36. The van der Waals surface area contributed by atoms with Gasteiger partial charge in [0.25, 0.3) is 0 Å². The molecule has 3 rings (SSSR count). The normalized spacial score (nSPS) is 21.4. The highest BCUT2D eigenvalue weighted by Crippen LogP contribution is 2.32. The number of rotatable bonds is 9. The van der Waals surface area contributed by atoms with Crippen LogP contribution in [-0.4, -0.2) is 71.1 Å². The van der Waals surface area contributed by atoms with Crippen molar-refractivity contribution in [3.8, 4) is 0 Å². The molecule has 2 N–H and O–H groups in total. The lowest BCUT2D eigenvalue weighted by Crippen LogP contribution is -2.49. The van der Waals surface area contributed by atoms with Crippen LogP contribution < -0.4 is 10.6 Å². The Balaban J connectivity index is 0.00000280. The second kappa shape index (κ2) is 11.3. The summed E-state index contributed by atoms with van der Waals surface area (Å²) in [7, 11) is 3.75. The smallest absolute Gasteiger partial charge is 0.192 e. The molecule has 0 aromatic carbocycles. The van der Waals surface area contributed by atoms with Crippen molar-refractivity contribution in [2.75, 3.05) is 33.4 Å². The van der Waals surface area contributed by atoms with Gasteiger partial charge in [0.2, 0.25) is 0 Å². The number of aromatic nitrogens is 3. The van der Waals surface area contributed by atoms with E-state index in [2.05, 4.69) is 32.7 Å². The van der Waals surface area contributed by atoms with Crippen LogP contribution in [0.2, 0.25) is 0 Å². The molecule has 2 heterocycles. The van der Waals surface area contributed by atoms with Crippen molar-refractivity contribution < 1.29 is 4.74 Å². The fourth-order valence-corrected chi connectivity index (χ4v) is 3.80. The summed E-state index contributed by atoms with van der Waals surface area (Å²) in [5.41, 5.74) is 0. The molecule has 28 heavy (non-hydrogen) atoms. The number of nitrogens with one attached hydrogen (secondary N) is 2. The molecule has 1 saturated carbocycles. The van der Waals surface area contributed by atoms with Crippen LogP contribution in [0.3, 0.4) is 0 Å². The summed E-state index contributed by atoms with van der Waals surface area (Å²) < 4.78 is 7.41. The zero-order valence-corrected chi connectivity index (χ0v) is 20.0. The molecule has 2 fully saturated rings. The minimum atomic E-state index is 0. The van der Waals surface area contributed by atoms with Gasteiger partial charge in [0, 0.05) is 26.7 Å². The number of aryl methyl sites for hydroxylation is 1. The van der Waals surface area contributed by atoms with Gasteiger partial charge >= 0.3 is 0 Å². The maximum atomic E-state index is 5.42. The lowest BCUT2D eigenvalue weighted by Gasteiger charge is -2.26. The minimum absolute atomic E-state index is 0. The second-order valence-electron chi connectivity index (χ2n) is 7.74. The first-order valence-electron chi connectivity index (χ1n) is 10.2. The number of aliphatic imine (C=N–C) groups is 1. The van der Waals surface area contributed by atoms with Gasteiger partial charge in [-0.05, 0) is 51.6 Å². The lowest BCUT2D eigenvalue weighted by molar-refractivity contribution is 0.165. The van der Waals surface area contributed by atoms with Gasteiger partial charge in [-0.1, -0.05) is 6.92 Å². The Morgan fingerprint density at radius 2 is 2.11 bits per heavy atom. The summed E-state index contributed by atoms with van der Waals surface area (Å²) in [5.74, 6) is 3.32. The van der Waals surface area contributed by atoms with Crippen molar-refractivity contribution in [1.29, 1.82) is 0 Å². The van der Waals surface area contributed by atoms with Crippen molar-refractivity contribution in [2.24, 2.45) is 18.0 Å². The molecule has 2 unspecified atom stereocenters. The van der Waals surface area contributed by atoms with Crippen molar-refractivity contribution in [3.05, 3.63) is 11.6 Å². The predicted molar refractivity (Wildman–Crippen MR) is 122 cm³/mol. The number of guanidine groups is 1. The molecule has 1 aromatic rings. The molecular formula is C19H36IN7O. The highest BCUT2D eigenvalue weighted by molar-refractivity contribution is 14.0. The molecule has 0 spiro atoms. The molecule has 0 bridgehead atoms. The number of hydrogen-bond acceptors (Lipinski definition) is 5. The van der Waals surface area contributed by atoms with Crippen molar-refractivity contribution in [3.63, 3.8) is 0 Å². The van der Waals surface area contributed by atoms with Gasteiger partial charge < -0.3 is 19.9 Å². The van der Waals surface area contributed by atoms with E-state index in [0.717, 1.165) is 30.7 Å². The van der Waals surface area contributed by atoms with E-state index in [0.29, 0.717) is 31.2 Å². The largest absolute Gasteiger partial charge is 0.383 e. The first kappa shape index (κ1) is 23.3. The number of nitrogens with zero attached hydrogens (tertiary/aromatic N) is 5. The zero-order valence-electron chi connectivity index (χ0n) is 17.6. The number of likely N-dealkylation sites (N-methyl/N-ethyl adjacent to an activating group) is 1. The van der Waals surface area contributed by atoms with E-state index in [9.17, 15) is 0 Å². The quantitative estimate of drug-likeness (QED) is 0.302. The highest BCUT2D eigenvalue weighted by atomic mass is 127. The van der Waals surface area contributed by atoms with Gasteiger partial charge in [0.1, 0.15) is 12.4 Å². The van der Waals surface area contributed by atoms with E-state index in [-0.39, 0.29) is 24.0 Å². The predicted octanol–water partition coefficient (Wildman–Crippen LogP) is 1.69. The maximum Gasteiger partial charge on any atom is 0.192 e. The topological polar surface area (TPSA) is 79.6 Å². The van der Waals surface area contributed by atoms with Crippen LogP contribution in [0.5, 0.6) is 0 Å². The number of ether oxygens (including phenoxy) is 1. The number of likely N-dealkylation sites (tertiary alicyclic amines) is 1. The molecule has 1 aliphatic carbocycles. The fourth-order valence-electron chi connectivity index (χ4n) is 3.80. The van der Waals surface area contributed by atoms with Crippen LogP contribution in [0.25, 0.3) is 0 Å². The average molecular weight is 505 g/mol. The summed E-state index contributed by atoms with van der Waals surface area (Å²) in [5, 5.41) is 15.5. The van der Waals surface area contributed by atoms with Crippen LogP contribution in [0, 0.1) is 12.8 Å². The Morgan fingerprint density at radius 3 is 2.71 bits per heavy atom. The first-order chi connectivity index (χ1) is 13.1. The van der Waals surface area contributed by atoms with Gasteiger partial charge in [-0.2, -0.15) is 0 Å². The molecule has 2 aliphatic rings. The van der Waals surface area contributed by atoms with E-state index >= 15 is 0 Å². The Bertz CT molecular complexity index is 632. The van der Waals surface area contributed by atoms with Gasteiger partial charge in [-0.15, -0.1) is 34.2 Å². The minimum Gasteiger partial charge on any atom is -0.383 e. The van der Waals surface area contributed by atoms with Crippen molar-refractivity contribution in [1.82, 2.24) is 30.3 Å². The van der Waals surface area contributed by atoms with Gasteiger partial charge in [-0.3, -0.25) is 4.90 Å². The summed E-state index contributed by atoms with van der Waals surface area (Å²) in [6.07, 6.45) is 5.07. The van der Waals surface area contributed by atoms with Crippen LogP contribution >= 0.6 is 24.0 Å². The third kappa shape index (κ3) is 6.28. The Labute approximate surface area is 185 Å². The molecule has 1 saturated heterocycles. The molecule has 0 amide bonds.